The maximum atomic E-state index is 11.1. The second-order valence-electron chi connectivity index (χ2n) is 9.85. The van der Waals surface area contributed by atoms with Gasteiger partial charge in [0, 0.05) is 5.41 Å². The van der Waals surface area contributed by atoms with E-state index in [1.165, 1.54) is 5.57 Å². The summed E-state index contributed by atoms with van der Waals surface area (Å²) in [7, 11) is -4.43. The van der Waals surface area contributed by atoms with Crippen molar-refractivity contribution < 1.29 is 31.9 Å². The summed E-state index contributed by atoms with van der Waals surface area (Å²) in [5.41, 5.74) is 2.25. The van der Waals surface area contributed by atoms with Crippen LogP contribution in [0.4, 0.5) is 0 Å². The molecule has 0 spiro atoms. The monoisotopic (exact) mass is 441 g/mol. The molecule has 3 fully saturated rings. The van der Waals surface area contributed by atoms with E-state index in [0.29, 0.717) is 30.6 Å². The van der Waals surface area contributed by atoms with Gasteiger partial charge in [-0.3, -0.25) is 4.55 Å². The van der Waals surface area contributed by atoms with Crippen molar-refractivity contribution in [1.82, 2.24) is 0 Å². The molecule has 4 aliphatic rings. The van der Waals surface area contributed by atoms with Gasteiger partial charge in [0.1, 0.15) is 0 Å². The van der Waals surface area contributed by atoms with Crippen LogP contribution in [-0.2, 0) is 24.2 Å². The van der Waals surface area contributed by atoms with Gasteiger partial charge >= 0.3 is 16.4 Å². The number of allylic oxidation sites excluding steroid dienone is 1. The number of hydrogen-bond acceptors (Lipinski definition) is 6. The minimum absolute atomic E-state index is 0.0308. The fourth-order valence-corrected chi connectivity index (χ4v) is 7.49. The van der Waals surface area contributed by atoms with Crippen LogP contribution in [0, 0.1) is 28.6 Å². The lowest BCUT2D eigenvalue weighted by molar-refractivity contribution is -0.142. The summed E-state index contributed by atoms with van der Waals surface area (Å²) in [5, 5.41) is 13.0. The summed E-state index contributed by atoms with van der Waals surface area (Å²) in [5.74, 6) is 0.532. The van der Waals surface area contributed by atoms with Crippen LogP contribution >= 0.6 is 0 Å². The molecular formula is C21H31NO7S. The molecule has 0 aromatic heterocycles. The molecule has 6 unspecified atom stereocenters. The van der Waals surface area contributed by atoms with Gasteiger partial charge in [0.15, 0.2) is 0 Å². The van der Waals surface area contributed by atoms with Crippen molar-refractivity contribution in [3.05, 3.63) is 11.6 Å². The lowest BCUT2D eigenvalue weighted by Crippen LogP contribution is -2.50. The predicted molar refractivity (Wildman–Crippen MR) is 109 cm³/mol. The van der Waals surface area contributed by atoms with Gasteiger partial charge < -0.3 is 9.94 Å². The van der Waals surface area contributed by atoms with Gasteiger partial charge in [-0.1, -0.05) is 30.7 Å². The first kappa shape index (κ1) is 21.8. The Bertz CT molecular complexity index is 882. The van der Waals surface area contributed by atoms with Crippen LogP contribution in [0.25, 0.3) is 0 Å². The van der Waals surface area contributed by atoms with Crippen LogP contribution in [0.1, 0.15) is 65.2 Å². The normalized spacial score (nSPS) is 42.1. The smallest absolute Gasteiger partial charge is 0.397 e. The molecule has 0 aromatic carbocycles. The van der Waals surface area contributed by atoms with Gasteiger partial charge in [0.05, 0.1) is 11.8 Å². The second kappa shape index (κ2) is 7.60. The Balaban J connectivity index is 1.53. The van der Waals surface area contributed by atoms with Gasteiger partial charge in [-0.2, -0.15) is 8.42 Å². The highest BCUT2D eigenvalue weighted by molar-refractivity contribution is 7.80. The van der Waals surface area contributed by atoms with Crippen LogP contribution in [0.3, 0.4) is 0 Å². The van der Waals surface area contributed by atoms with E-state index in [1.54, 1.807) is 0 Å². The average molecular weight is 442 g/mol. The fraction of sp³-hybridized carbons (Fsp3) is 0.810. The molecule has 30 heavy (non-hydrogen) atoms. The zero-order valence-corrected chi connectivity index (χ0v) is 18.4. The molecule has 0 saturated heterocycles. The third-order valence-electron chi connectivity index (χ3n) is 8.42. The Morgan fingerprint density at radius 2 is 1.90 bits per heavy atom. The highest BCUT2D eigenvalue weighted by Gasteiger charge is 2.58. The third-order valence-corrected chi connectivity index (χ3v) is 8.94. The molecule has 168 valence electrons. The van der Waals surface area contributed by atoms with Crippen molar-refractivity contribution in [2.24, 2.45) is 33.7 Å². The summed E-state index contributed by atoms with van der Waals surface area (Å²) in [6.07, 6.45) is 8.73. The Morgan fingerprint density at radius 1 is 1.20 bits per heavy atom. The lowest BCUT2D eigenvalue weighted by Gasteiger charge is -2.57. The van der Waals surface area contributed by atoms with E-state index < -0.39 is 29.1 Å². The van der Waals surface area contributed by atoms with Crippen LogP contribution < -0.4 is 0 Å². The molecule has 3 saturated carbocycles. The first-order chi connectivity index (χ1) is 14.0. The number of carboxylic acids is 1. The Hall–Kier alpha value is -1.45. The fourth-order valence-electron chi connectivity index (χ4n) is 6.99. The van der Waals surface area contributed by atoms with E-state index >= 15 is 0 Å². The first-order valence-electron chi connectivity index (χ1n) is 10.8. The summed E-state index contributed by atoms with van der Waals surface area (Å²) in [6, 6.07) is 0. The quantitative estimate of drug-likeness (QED) is 0.380. The molecule has 0 radical (unpaired) electrons. The summed E-state index contributed by atoms with van der Waals surface area (Å²) in [6.45, 7) is 4.15. The molecule has 0 aliphatic heterocycles. The number of aliphatic carboxylic acids is 1. The number of nitrogens with zero attached hydrogens (tertiary/aromatic N) is 1. The van der Waals surface area contributed by atoms with Gasteiger partial charge in [-0.25, -0.2) is 8.98 Å². The third kappa shape index (κ3) is 3.80. The van der Waals surface area contributed by atoms with Crippen molar-refractivity contribution in [3.8, 4) is 0 Å². The number of rotatable bonds is 5. The maximum absolute atomic E-state index is 11.1. The van der Waals surface area contributed by atoms with Crippen LogP contribution in [0.2, 0.25) is 0 Å². The Morgan fingerprint density at radius 3 is 2.60 bits per heavy atom. The molecule has 0 bridgehead atoms. The highest BCUT2D eigenvalue weighted by Crippen LogP contribution is 2.64. The van der Waals surface area contributed by atoms with Crippen LogP contribution in [0.5, 0.6) is 0 Å². The number of oxime groups is 1. The van der Waals surface area contributed by atoms with E-state index in [4.69, 9.17) is 18.7 Å². The molecule has 0 aromatic rings. The van der Waals surface area contributed by atoms with Gasteiger partial charge in [-0.05, 0) is 74.5 Å². The molecule has 8 nitrogen and oxygen atoms in total. The first-order valence-corrected chi connectivity index (χ1v) is 12.2. The molecule has 4 rings (SSSR count). The van der Waals surface area contributed by atoms with Crippen molar-refractivity contribution in [2.45, 2.75) is 71.3 Å². The minimum atomic E-state index is -4.43. The van der Waals surface area contributed by atoms with E-state index in [1.807, 2.05) is 0 Å². The number of hydrogen-bond donors (Lipinski definition) is 2. The number of carboxylic acid groups (broad SMARTS) is 1. The Labute approximate surface area is 177 Å². The molecule has 0 heterocycles. The molecular weight excluding hydrogens is 410 g/mol. The topological polar surface area (TPSA) is 122 Å². The Kier molecular flexibility index (Phi) is 5.51. The van der Waals surface area contributed by atoms with Crippen LogP contribution in [0.15, 0.2) is 16.8 Å². The van der Waals surface area contributed by atoms with Gasteiger partial charge in [-0.15, -0.1) is 0 Å². The largest absolute Gasteiger partial charge is 0.479 e. The van der Waals surface area contributed by atoms with Crippen molar-refractivity contribution in [2.75, 3.05) is 6.61 Å². The van der Waals surface area contributed by atoms with E-state index in [2.05, 4.69) is 25.1 Å². The number of carbonyl (C=O) groups is 1. The van der Waals surface area contributed by atoms with E-state index in [0.717, 1.165) is 44.2 Å². The predicted octanol–water partition coefficient (Wildman–Crippen LogP) is 3.59. The maximum Gasteiger partial charge on any atom is 0.397 e. The van der Waals surface area contributed by atoms with Crippen molar-refractivity contribution >= 4 is 22.1 Å². The van der Waals surface area contributed by atoms with Gasteiger partial charge in [0.2, 0.25) is 6.61 Å². The summed E-state index contributed by atoms with van der Waals surface area (Å²) >= 11 is 0. The van der Waals surface area contributed by atoms with E-state index in [-0.39, 0.29) is 10.8 Å². The minimum Gasteiger partial charge on any atom is -0.479 e. The van der Waals surface area contributed by atoms with Crippen molar-refractivity contribution in [3.63, 3.8) is 0 Å². The van der Waals surface area contributed by atoms with E-state index in [9.17, 15) is 13.2 Å². The summed E-state index contributed by atoms with van der Waals surface area (Å²) < 4.78 is 36.2. The lowest BCUT2D eigenvalue weighted by atomic mass is 9.48. The summed E-state index contributed by atoms with van der Waals surface area (Å²) in [4.78, 5) is 15.8. The zero-order chi connectivity index (χ0) is 21.7. The number of fused-ring (bicyclic) bond motifs is 5. The van der Waals surface area contributed by atoms with Crippen molar-refractivity contribution in [1.29, 1.82) is 0 Å². The van der Waals surface area contributed by atoms with Gasteiger partial charge in [0.25, 0.3) is 0 Å². The van der Waals surface area contributed by atoms with Crippen LogP contribution in [-0.4, -0.2) is 42.5 Å². The standard InChI is InChI=1S/C21H31NO7S/c1-20-9-7-14(29-30(25,26)27)11-13(20)3-4-15-16-5-6-18(22-28-12-19(23)24)21(16,2)10-8-17(15)20/h3,14-17H,4-12H2,1-2H3,(H,23,24)(H,25,26,27). The SMILES string of the molecule is CC12CCC(OS(=O)(=O)O)CC1=CCC1C2CCC2(C)C(=NOCC(=O)O)CCC12. The average Bonchev–Trinajstić information content (AvgIpc) is 2.97. The second-order valence-corrected chi connectivity index (χ2v) is 10.9. The molecule has 4 aliphatic carbocycles. The molecule has 0 amide bonds. The zero-order valence-electron chi connectivity index (χ0n) is 17.5. The molecule has 2 N–H and O–H groups in total. The highest BCUT2D eigenvalue weighted by atomic mass is 32.3. The molecule has 6 atom stereocenters. The molecule has 9 heteroatoms.